The van der Waals surface area contributed by atoms with Crippen LogP contribution in [0.3, 0.4) is 0 Å². The van der Waals surface area contributed by atoms with Gasteiger partial charge in [0.25, 0.3) is 5.91 Å². The van der Waals surface area contributed by atoms with E-state index in [9.17, 15) is 18.3 Å². The van der Waals surface area contributed by atoms with E-state index in [4.69, 9.17) is 9.47 Å². The second-order valence-corrected chi connectivity index (χ2v) is 9.64. The fourth-order valence-corrected chi connectivity index (χ4v) is 4.73. The summed E-state index contributed by atoms with van der Waals surface area (Å²) in [6, 6.07) is 20.1. The predicted molar refractivity (Wildman–Crippen MR) is 137 cm³/mol. The number of carbonyl (C=O) groups excluding carboxylic acids is 1. The lowest BCUT2D eigenvalue weighted by molar-refractivity contribution is -0.121. The van der Waals surface area contributed by atoms with E-state index in [1.165, 1.54) is 31.5 Å². The van der Waals surface area contributed by atoms with Gasteiger partial charge in [0.2, 0.25) is 10.0 Å². The second-order valence-electron chi connectivity index (χ2n) is 7.70. The Labute approximate surface area is 211 Å². The third-order valence-electron chi connectivity index (χ3n) is 5.20. The maximum atomic E-state index is 13.3. The van der Waals surface area contributed by atoms with E-state index in [1.54, 1.807) is 31.2 Å². The molecule has 0 saturated heterocycles. The molecule has 0 fully saturated rings. The van der Waals surface area contributed by atoms with Gasteiger partial charge in [0, 0.05) is 6.54 Å². The molecular formula is C26H29N3O6S. The molecular weight excluding hydrogens is 482 g/mol. The number of nitrogens with zero attached hydrogens (tertiary/aromatic N) is 2. The van der Waals surface area contributed by atoms with Crippen molar-refractivity contribution >= 4 is 22.1 Å². The Bertz CT molecular complexity index is 1280. The number of benzene rings is 3. The number of amides is 1. The van der Waals surface area contributed by atoms with Gasteiger partial charge in [0.05, 0.1) is 31.4 Å². The number of hydrogen-bond acceptors (Lipinski definition) is 7. The fraction of sp³-hybridized carbons (Fsp3) is 0.231. The zero-order valence-electron chi connectivity index (χ0n) is 20.1. The maximum absolute atomic E-state index is 13.3. The first kappa shape index (κ1) is 26.7. The van der Waals surface area contributed by atoms with E-state index in [1.807, 2.05) is 30.3 Å². The molecule has 0 aliphatic carbocycles. The molecule has 0 atom stereocenters. The van der Waals surface area contributed by atoms with E-state index < -0.39 is 22.5 Å². The van der Waals surface area contributed by atoms with Crippen molar-refractivity contribution < 1.29 is 27.8 Å². The lowest BCUT2D eigenvalue weighted by Gasteiger charge is -2.21. The van der Waals surface area contributed by atoms with Crippen molar-refractivity contribution in [3.63, 3.8) is 0 Å². The van der Waals surface area contributed by atoms with Crippen LogP contribution in [0.2, 0.25) is 0 Å². The predicted octanol–water partition coefficient (Wildman–Crippen LogP) is 3.18. The lowest BCUT2D eigenvalue weighted by Crippen LogP contribution is -2.40. The highest BCUT2D eigenvalue weighted by Crippen LogP contribution is 2.26. The number of phenolic OH excluding ortho intramolecular Hbond substituents is 1. The molecule has 3 aromatic rings. The Hall–Kier alpha value is -3.89. The third kappa shape index (κ3) is 7.30. The number of ether oxygens (including phenoxy) is 2. The summed E-state index contributed by atoms with van der Waals surface area (Å²) in [5.74, 6) is 0.222. The molecule has 0 aromatic heterocycles. The fourth-order valence-electron chi connectivity index (χ4n) is 3.34. The number of sulfonamides is 1. The summed E-state index contributed by atoms with van der Waals surface area (Å²) < 4.78 is 38.3. The number of nitrogens with one attached hydrogen (secondary N) is 1. The molecule has 0 bridgehead atoms. The summed E-state index contributed by atoms with van der Waals surface area (Å²) in [6.07, 6.45) is 1.81. The molecule has 2 N–H and O–H groups in total. The maximum Gasteiger partial charge on any atom is 0.255 e. The summed E-state index contributed by atoms with van der Waals surface area (Å²) >= 11 is 0. The molecule has 0 aliphatic rings. The topological polar surface area (TPSA) is 118 Å². The average molecular weight is 512 g/mol. The van der Waals surface area contributed by atoms with Gasteiger partial charge in [-0.05, 0) is 66.9 Å². The molecule has 9 nitrogen and oxygen atoms in total. The number of rotatable bonds is 12. The zero-order chi connectivity index (χ0) is 26.0. The van der Waals surface area contributed by atoms with Crippen molar-refractivity contribution in [1.29, 1.82) is 0 Å². The van der Waals surface area contributed by atoms with Crippen molar-refractivity contribution in [2.45, 2.75) is 18.2 Å². The average Bonchev–Trinajstić information content (AvgIpc) is 2.89. The highest BCUT2D eigenvalue weighted by molar-refractivity contribution is 7.89. The number of aromatic hydroxyl groups is 1. The van der Waals surface area contributed by atoms with Crippen molar-refractivity contribution in [3.05, 3.63) is 83.9 Å². The first-order valence-corrected chi connectivity index (χ1v) is 12.7. The third-order valence-corrected chi connectivity index (χ3v) is 7.06. The molecule has 0 aliphatic heterocycles. The normalized spacial score (nSPS) is 11.5. The number of hydrogen-bond donors (Lipinski definition) is 2. The van der Waals surface area contributed by atoms with Gasteiger partial charge >= 0.3 is 0 Å². The Kier molecular flexibility index (Phi) is 9.43. The minimum atomic E-state index is -3.96. The van der Waals surface area contributed by atoms with Crippen molar-refractivity contribution in [1.82, 2.24) is 9.73 Å². The molecule has 36 heavy (non-hydrogen) atoms. The Morgan fingerprint density at radius 3 is 2.47 bits per heavy atom. The van der Waals surface area contributed by atoms with E-state index in [0.29, 0.717) is 30.1 Å². The first-order chi connectivity index (χ1) is 17.3. The molecule has 3 rings (SSSR count). The highest BCUT2D eigenvalue weighted by atomic mass is 32.2. The summed E-state index contributed by atoms with van der Waals surface area (Å²) in [6.45, 7) is 1.86. The van der Waals surface area contributed by atoms with Gasteiger partial charge in [-0.15, -0.1) is 0 Å². The van der Waals surface area contributed by atoms with Crippen molar-refractivity contribution in [2.75, 3.05) is 26.8 Å². The van der Waals surface area contributed by atoms with Gasteiger partial charge in [-0.2, -0.15) is 9.41 Å². The smallest absolute Gasteiger partial charge is 0.255 e. The van der Waals surface area contributed by atoms with Crippen LogP contribution in [0.15, 0.2) is 82.8 Å². The molecule has 0 heterocycles. The molecule has 3 aromatic carbocycles. The summed E-state index contributed by atoms with van der Waals surface area (Å²) in [7, 11) is -2.47. The van der Waals surface area contributed by atoms with Crippen molar-refractivity contribution in [3.8, 4) is 17.2 Å². The van der Waals surface area contributed by atoms with Crippen LogP contribution in [0.1, 0.15) is 18.1 Å². The Balaban J connectivity index is 1.73. The van der Waals surface area contributed by atoms with Crippen LogP contribution < -0.4 is 14.9 Å². The quantitative estimate of drug-likeness (QED) is 0.285. The number of carbonyl (C=O) groups is 1. The Morgan fingerprint density at radius 2 is 1.81 bits per heavy atom. The van der Waals surface area contributed by atoms with Gasteiger partial charge in [-0.25, -0.2) is 13.8 Å². The van der Waals surface area contributed by atoms with Crippen LogP contribution in [0.5, 0.6) is 17.2 Å². The van der Waals surface area contributed by atoms with E-state index in [-0.39, 0.29) is 17.2 Å². The van der Waals surface area contributed by atoms with Crippen LogP contribution in [0, 0.1) is 0 Å². The standard InChI is InChI=1S/C26H29N3O6S/c1-3-35-25-17-21(9-14-24(25)30)18-27-28-26(31)19-29(16-15-20-7-5-4-6-8-20)36(32,33)23-12-10-22(34-2)11-13-23/h4-14,17-18,30H,3,15-16,19H2,1-2H3,(H,28,31)/b27-18+. The number of methoxy groups -OCH3 is 1. The second kappa shape index (κ2) is 12.7. The lowest BCUT2D eigenvalue weighted by atomic mass is 10.1. The Morgan fingerprint density at radius 1 is 1.08 bits per heavy atom. The number of hydrazone groups is 1. The summed E-state index contributed by atoms with van der Waals surface area (Å²) in [5.41, 5.74) is 3.90. The SMILES string of the molecule is CCOc1cc(/C=N/NC(=O)CN(CCc2ccccc2)S(=O)(=O)c2ccc(OC)cc2)ccc1O. The minimum absolute atomic E-state index is 0.00386. The zero-order valence-corrected chi connectivity index (χ0v) is 20.9. The molecule has 0 saturated carbocycles. The van der Waals surface area contributed by atoms with Gasteiger partial charge in [0.1, 0.15) is 5.75 Å². The van der Waals surface area contributed by atoms with Gasteiger partial charge in [-0.1, -0.05) is 30.3 Å². The van der Waals surface area contributed by atoms with Crippen LogP contribution in [-0.2, 0) is 21.2 Å². The molecule has 0 radical (unpaired) electrons. The number of phenols is 1. The molecule has 10 heteroatoms. The van der Waals surface area contributed by atoms with E-state index >= 15 is 0 Å². The van der Waals surface area contributed by atoms with Gasteiger partial charge in [-0.3, -0.25) is 4.79 Å². The van der Waals surface area contributed by atoms with Crippen LogP contribution >= 0.6 is 0 Å². The van der Waals surface area contributed by atoms with Gasteiger partial charge < -0.3 is 14.6 Å². The van der Waals surface area contributed by atoms with Crippen LogP contribution in [-0.4, -0.2) is 56.8 Å². The summed E-state index contributed by atoms with van der Waals surface area (Å²) in [4.78, 5) is 12.7. The highest BCUT2D eigenvalue weighted by Gasteiger charge is 2.26. The minimum Gasteiger partial charge on any atom is -0.504 e. The van der Waals surface area contributed by atoms with Gasteiger partial charge in [0.15, 0.2) is 11.5 Å². The van der Waals surface area contributed by atoms with E-state index in [0.717, 1.165) is 9.87 Å². The monoisotopic (exact) mass is 511 g/mol. The van der Waals surface area contributed by atoms with Crippen LogP contribution in [0.25, 0.3) is 0 Å². The molecule has 1 amide bonds. The first-order valence-electron chi connectivity index (χ1n) is 11.3. The molecule has 190 valence electrons. The van der Waals surface area contributed by atoms with Crippen LogP contribution in [0.4, 0.5) is 0 Å². The molecule has 0 spiro atoms. The van der Waals surface area contributed by atoms with E-state index in [2.05, 4.69) is 10.5 Å². The molecule has 0 unspecified atom stereocenters. The largest absolute Gasteiger partial charge is 0.504 e. The summed E-state index contributed by atoms with van der Waals surface area (Å²) in [5, 5.41) is 13.7. The van der Waals surface area contributed by atoms with Crippen molar-refractivity contribution in [2.24, 2.45) is 5.10 Å².